The van der Waals surface area contributed by atoms with Crippen LogP contribution in [0, 0.1) is 5.41 Å². The first-order valence-corrected chi connectivity index (χ1v) is 5.57. The van der Waals surface area contributed by atoms with Crippen LogP contribution >= 0.6 is 34.8 Å². The number of halogens is 3. The van der Waals surface area contributed by atoms with Crippen molar-refractivity contribution in [3.63, 3.8) is 0 Å². The molecule has 0 unspecified atom stereocenters. The van der Waals surface area contributed by atoms with Gasteiger partial charge in [0, 0.05) is 11.0 Å². The second kappa shape index (κ2) is 4.32. The van der Waals surface area contributed by atoms with Crippen molar-refractivity contribution in [3.8, 4) is 0 Å². The van der Waals surface area contributed by atoms with E-state index in [-0.39, 0.29) is 15.8 Å². The largest absolute Gasteiger partial charge is 0.294 e. The van der Waals surface area contributed by atoms with Gasteiger partial charge in [-0.15, -0.1) is 0 Å². The molecule has 0 heterocycles. The smallest absolute Gasteiger partial charge is 0.169 e. The highest BCUT2D eigenvalue weighted by molar-refractivity contribution is 6.49. The molecule has 0 aliphatic heterocycles. The summed E-state index contributed by atoms with van der Waals surface area (Å²) in [7, 11) is 0. The van der Waals surface area contributed by atoms with Crippen LogP contribution in [0.1, 0.15) is 31.1 Å². The predicted molar refractivity (Wildman–Crippen MR) is 65.3 cm³/mol. The molecule has 0 bridgehead atoms. The molecule has 1 aromatic rings. The van der Waals surface area contributed by atoms with Gasteiger partial charge in [0.2, 0.25) is 0 Å². The molecular weight excluding hydrogens is 254 g/mol. The lowest BCUT2D eigenvalue weighted by atomic mass is 9.86. The Morgan fingerprint density at radius 3 is 2.07 bits per heavy atom. The first kappa shape index (κ1) is 12.8. The molecule has 0 aliphatic rings. The van der Waals surface area contributed by atoms with E-state index in [1.807, 2.05) is 20.8 Å². The van der Waals surface area contributed by atoms with E-state index in [0.29, 0.717) is 10.6 Å². The Labute approximate surface area is 104 Å². The number of Topliss-reactive ketones (excluding diaryl/α,β-unsaturated/α-hetero) is 1. The van der Waals surface area contributed by atoms with Crippen LogP contribution < -0.4 is 0 Å². The summed E-state index contributed by atoms with van der Waals surface area (Å²) in [6.45, 7) is 5.48. The fraction of sp³-hybridized carbons (Fsp3) is 0.364. The number of carbonyl (C=O) groups excluding carboxylic acids is 1. The minimum Gasteiger partial charge on any atom is -0.294 e. The van der Waals surface area contributed by atoms with Crippen molar-refractivity contribution in [2.45, 2.75) is 20.8 Å². The number of carbonyl (C=O) groups is 1. The molecule has 0 aliphatic carbocycles. The molecule has 4 heteroatoms. The Morgan fingerprint density at radius 2 is 1.60 bits per heavy atom. The number of benzene rings is 1. The van der Waals surface area contributed by atoms with Gasteiger partial charge in [-0.25, -0.2) is 0 Å². The van der Waals surface area contributed by atoms with E-state index in [1.165, 1.54) is 0 Å². The predicted octanol–water partition coefficient (Wildman–Crippen LogP) is 4.88. The normalized spacial score (nSPS) is 11.6. The summed E-state index contributed by atoms with van der Waals surface area (Å²) in [4.78, 5) is 12.0. The summed E-state index contributed by atoms with van der Waals surface area (Å²) in [5.74, 6) is -0.0499. The van der Waals surface area contributed by atoms with E-state index in [1.54, 1.807) is 12.1 Å². The van der Waals surface area contributed by atoms with Gasteiger partial charge in [-0.3, -0.25) is 4.79 Å². The topological polar surface area (TPSA) is 17.1 Å². The molecule has 0 saturated carbocycles. The van der Waals surface area contributed by atoms with E-state index in [2.05, 4.69) is 0 Å². The highest BCUT2D eigenvalue weighted by atomic mass is 35.5. The van der Waals surface area contributed by atoms with Crippen LogP contribution in [0.3, 0.4) is 0 Å². The molecule has 0 radical (unpaired) electrons. The van der Waals surface area contributed by atoms with E-state index >= 15 is 0 Å². The number of ketones is 1. The van der Waals surface area contributed by atoms with Gasteiger partial charge in [0.25, 0.3) is 0 Å². The van der Waals surface area contributed by atoms with Crippen LogP contribution in [0.5, 0.6) is 0 Å². The molecule has 1 aromatic carbocycles. The summed E-state index contributed by atoms with van der Waals surface area (Å²) in [5.41, 5.74) is -0.0700. The SMILES string of the molecule is CC(C)(C)C(=O)c1ccc(Cl)c(Cl)c1Cl. The molecule has 0 aromatic heterocycles. The monoisotopic (exact) mass is 264 g/mol. The molecule has 0 saturated heterocycles. The Hall–Kier alpha value is -0.240. The quantitative estimate of drug-likeness (QED) is 0.523. The van der Waals surface area contributed by atoms with Crippen molar-refractivity contribution in [3.05, 3.63) is 32.8 Å². The average Bonchev–Trinajstić information content (AvgIpc) is 2.12. The maximum Gasteiger partial charge on any atom is 0.169 e. The van der Waals surface area contributed by atoms with Crippen molar-refractivity contribution in [1.82, 2.24) is 0 Å². The summed E-state index contributed by atoms with van der Waals surface area (Å²) in [6.07, 6.45) is 0. The molecule has 0 amide bonds. The first-order chi connectivity index (χ1) is 6.75. The van der Waals surface area contributed by atoms with E-state index in [0.717, 1.165) is 0 Å². The molecule has 15 heavy (non-hydrogen) atoms. The third kappa shape index (κ3) is 2.66. The second-order valence-corrected chi connectivity index (χ2v) is 5.47. The van der Waals surface area contributed by atoms with E-state index in [9.17, 15) is 4.79 Å². The fourth-order valence-corrected chi connectivity index (χ4v) is 1.73. The summed E-state index contributed by atoms with van der Waals surface area (Å²) in [6, 6.07) is 3.18. The van der Waals surface area contributed by atoms with Gasteiger partial charge >= 0.3 is 0 Å². The van der Waals surface area contributed by atoms with Crippen molar-refractivity contribution in [2.24, 2.45) is 5.41 Å². The lowest BCUT2D eigenvalue weighted by Crippen LogP contribution is -2.20. The van der Waals surface area contributed by atoms with Crippen LogP contribution in [0.15, 0.2) is 12.1 Å². The highest BCUT2D eigenvalue weighted by Gasteiger charge is 2.26. The number of rotatable bonds is 1. The summed E-state index contributed by atoms with van der Waals surface area (Å²) < 4.78 is 0. The average molecular weight is 266 g/mol. The molecule has 0 atom stereocenters. The van der Waals surface area contributed by atoms with Crippen LogP contribution in [0.25, 0.3) is 0 Å². The maximum absolute atomic E-state index is 12.0. The van der Waals surface area contributed by atoms with Crippen LogP contribution in [0.4, 0.5) is 0 Å². The van der Waals surface area contributed by atoms with Crippen molar-refractivity contribution in [1.29, 1.82) is 0 Å². The lowest BCUT2D eigenvalue weighted by Gasteiger charge is -2.18. The Morgan fingerprint density at radius 1 is 1.07 bits per heavy atom. The van der Waals surface area contributed by atoms with Crippen molar-refractivity contribution < 1.29 is 4.79 Å². The van der Waals surface area contributed by atoms with Gasteiger partial charge in [-0.05, 0) is 12.1 Å². The number of hydrogen-bond acceptors (Lipinski definition) is 1. The van der Waals surface area contributed by atoms with Crippen LogP contribution in [0.2, 0.25) is 15.1 Å². The molecule has 0 fully saturated rings. The zero-order valence-corrected chi connectivity index (χ0v) is 11.0. The summed E-state index contributed by atoms with van der Waals surface area (Å²) in [5, 5.41) is 0.810. The van der Waals surface area contributed by atoms with Crippen molar-refractivity contribution in [2.75, 3.05) is 0 Å². The van der Waals surface area contributed by atoms with Gasteiger partial charge in [-0.2, -0.15) is 0 Å². The van der Waals surface area contributed by atoms with Crippen LogP contribution in [-0.4, -0.2) is 5.78 Å². The van der Waals surface area contributed by atoms with E-state index < -0.39 is 5.41 Å². The minimum absolute atomic E-state index is 0.0499. The fourth-order valence-electron chi connectivity index (χ4n) is 1.11. The zero-order valence-electron chi connectivity index (χ0n) is 8.70. The molecule has 0 spiro atoms. The molecule has 82 valence electrons. The van der Waals surface area contributed by atoms with Crippen LogP contribution in [-0.2, 0) is 0 Å². The lowest BCUT2D eigenvalue weighted by molar-refractivity contribution is 0.0858. The van der Waals surface area contributed by atoms with Gasteiger partial charge in [0.1, 0.15) is 0 Å². The van der Waals surface area contributed by atoms with Crippen molar-refractivity contribution >= 4 is 40.6 Å². The third-order valence-corrected chi connectivity index (χ3v) is 3.25. The Bertz CT molecular complexity index is 405. The van der Waals surface area contributed by atoms with Gasteiger partial charge in [-0.1, -0.05) is 55.6 Å². The molecule has 1 nitrogen and oxygen atoms in total. The van der Waals surface area contributed by atoms with Gasteiger partial charge in [0.05, 0.1) is 15.1 Å². The van der Waals surface area contributed by atoms with Gasteiger partial charge in [0.15, 0.2) is 5.78 Å². The van der Waals surface area contributed by atoms with E-state index in [4.69, 9.17) is 34.8 Å². The first-order valence-electron chi connectivity index (χ1n) is 4.43. The molecular formula is C11H11Cl3O. The highest BCUT2D eigenvalue weighted by Crippen LogP contribution is 2.35. The van der Waals surface area contributed by atoms with Gasteiger partial charge < -0.3 is 0 Å². The zero-order chi connectivity index (χ0) is 11.8. The summed E-state index contributed by atoms with van der Waals surface area (Å²) >= 11 is 17.6. The second-order valence-electron chi connectivity index (χ2n) is 4.30. The number of hydrogen-bond donors (Lipinski definition) is 0. The Kier molecular flexibility index (Phi) is 3.70. The maximum atomic E-state index is 12.0. The third-order valence-electron chi connectivity index (χ3n) is 1.96. The molecule has 1 rings (SSSR count). The minimum atomic E-state index is -0.485. The standard InChI is InChI=1S/C11H11Cl3O/c1-11(2,3)10(15)6-4-5-7(12)9(14)8(6)13/h4-5H,1-3H3. The molecule has 0 N–H and O–H groups in total. The Balaban J connectivity index is 3.29.